The van der Waals surface area contributed by atoms with E-state index in [9.17, 15) is 4.79 Å². The molecule has 1 N–H and O–H groups in total. The highest BCUT2D eigenvalue weighted by atomic mass is 35.5. The Morgan fingerprint density at radius 1 is 1.22 bits per heavy atom. The molecule has 0 fully saturated rings. The van der Waals surface area contributed by atoms with Gasteiger partial charge in [0.2, 0.25) is 0 Å². The van der Waals surface area contributed by atoms with Crippen molar-refractivity contribution in [2.75, 3.05) is 5.32 Å². The Morgan fingerprint density at radius 2 is 2.00 bits per heavy atom. The highest BCUT2D eigenvalue weighted by Crippen LogP contribution is 2.17. The molecule has 0 bridgehead atoms. The number of hydrogen-bond donors (Lipinski definition) is 1. The van der Waals surface area contributed by atoms with Crippen LogP contribution in [0.3, 0.4) is 0 Å². The van der Waals surface area contributed by atoms with E-state index in [1.807, 2.05) is 32.0 Å². The van der Waals surface area contributed by atoms with Gasteiger partial charge in [-0.25, -0.2) is 0 Å². The summed E-state index contributed by atoms with van der Waals surface area (Å²) in [6.45, 7) is 3.92. The van der Waals surface area contributed by atoms with Crippen molar-refractivity contribution in [3.63, 3.8) is 0 Å². The van der Waals surface area contributed by atoms with E-state index < -0.39 is 0 Å². The summed E-state index contributed by atoms with van der Waals surface area (Å²) in [5.41, 5.74) is 3.20. The first-order chi connectivity index (χ1) is 8.56. The van der Waals surface area contributed by atoms with E-state index in [4.69, 9.17) is 11.6 Å². The quantitative estimate of drug-likeness (QED) is 0.896. The topological polar surface area (TPSA) is 42.0 Å². The molecule has 1 amide bonds. The van der Waals surface area contributed by atoms with Crippen molar-refractivity contribution in [2.24, 2.45) is 0 Å². The molecule has 3 nitrogen and oxygen atoms in total. The van der Waals surface area contributed by atoms with Gasteiger partial charge in [-0.2, -0.15) is 0 Å². The fourth-order valence-corrected chi connectivity index (χ4v) is 1.75. The standard InChI is InChI=1S/C14H13ClN2O/c1-9-3-4-10(2)12(7-9)17-14(18)13-8-11(15)5-6-16-13/h3-8H,1-2H3,(H,17,18). The number of aryl methyl sites for hydroxylation is 2. The predicted octanol–water partition coefficient (Wildman–Crippen LogP) is 3.60. The van der Waals surface area contributed by atoms with E-state index in [1.165, 1.54) is 6.20 Å². The number of hydrogen-bond acceptors (Lipinski definition) is 2. The third kappa shape index (κ3) is 2.87. The summed E-state index contributed by atoms with van der Waals surface area (Å²) >= 11 is 5.83. The highest BCUT2D eigenvalue weighted by Gasteiger charge is 2.09. The van der Waals surface area contributed by atoms with Crippen LogP contribution in [-0.2, 0) is 0 Å². The Morgan fingerprint density at radius 3 is 2.72 bits per heavy atom. The Balaban J connectivity index is 2.24. The number of aromatic nitrogens is 1. The first-order valence-electron chi connectivity index (χ1n) is 5.56. The highest BCUT2D eigenvalue weighted by molar-refractivity contribution is 6.30. The first-order valence-corrected chi connectivity index (χ1v) is 5.94. The Labute approximate surface area is 111 Å². The van der Waals surface area contributed by atoms with Gasteiger partial charge in [0.1, 0.15) is 5.69 Å². The van der Waals surface area contributed by atoms with Gasteiger partial charge in [0, 0.05) is 16.9 Å². The van der Waals surface area contributed by atoms with Crippen molar-refractivity contribution in [2.45, 2.75) is 13.8 Å². The van der Waals surface area contributed by atoms with E-state index in [-0.39, 0.29) is 5.91 Å². The Kier molecular flexibility index (Phi) is 3.63. The van der Waals surface area contributed by atoms with E-state index >= 15 is 0 Å². The van der Waals surface area contributed by atoms with Crippen molar-refractivity contribution >= 4 is 23.2 Å². The molecule has 0 saturated heterocycles. The molecule has 0 aliphatic rings. The van der Waals surface area contributed by atoms with E-state index in [0.717, 1.165) is 16.8 Å². The molecule has 0 atom stereocenters. The normalized spacial score (nSPS) is 10.2. The van der Waals surface area contributed by atoms with Gasteiger partial charge in [0.25, 0.3) is 5.91 Å². The molecule has 92 valence electrons. The SMILES string of the molecule is Cc1ccc(C)c(NC(=O)c2cc(Cl)ccn2)c1. The molecule has 0 saturated carbocycles. The van der Waals surface area contributed by atoms with Crippen LogP contribution in [0.5, 0.6) is 0 Å². The summed E-state index contributed by atoms with van der Waals surface area (Å²) in [7, 11) is 0. The van der Waals surface area contributed by atoms with Crippen LogP contribution in [0.2, 0.25) is 5.02 Å². The lowest BCUT2D eigenvalue weighted by Gasteiger charge is -2.09. The minimum absolute atomic E-state index is 0.258. The molecule has 2 rings (SSSR count). The maximum atomic E-state index is 12.0. The minimum atomic E-state index is -0.258. The fraction of sp³-hybridized carbons (Fsp3) is 0.143. The van der Waals surface area contributed by atoms with Gasteiger partial charge >= 0.3 is 0 Å². The fourth-order valence-electron chi connectivity index (χ4n) is 1.59. The van der Waals surface area contributed by atoms with Crippen LogP contribution in [0.15, 0.2) is 36.5 Å². The van der Waals surface area contributed by atoms with Crippen LogP contribution in [0.4, 0.5) is 5.69 Å². The summed E-state index contributed by atoms with van der Waals surface area (Å²) in [6, 6.07) is 9.08. The smallest absolute Gasteiger partial charge is 0.274 e. The largest absolute Gasteiger partial charge is 0.320 e. The zero-order valence-electron chi connectivity index (χ0n) is 10.2. The summed E-state index contributed by atoms with van der Waals surface area (Å²) in [4.78, 5) is 16.0. The average molecular weight is 261 g/mol. The van der Waals surface area contributed by atoms with E-state index in [1.54, 1.807) is 12.1 Å². The summed E-state index contributed by atoms with van der Waals surface area (Å²) in [5, 5.41) is 3.33. The maximum absolute atomic E-state index is 12.0. The Bertz CT molecular complexity index is 596. The zero-order valence-corrected chi connectivity index (χ0v) is 11.0. The van der Waals surface area contributed by atoms with Gasteiger partial charge in [0.15, 0.2) is 0 Å². The van der Waals surface area contributed by atoms with Crippen molar-refractivity contribution in [3.05, 3.63) is 58.4 Å². The van der Waals surface area contributed by atoms with Crippen LogP contribution in [0.1, 0.15) is 21.6 Å². The van der Waals surface area contributed by atoms with E-state index in [2.05, 4.69) is 10.3 Å². The molecule has 1 aromatic heterocycles. The molecule has 0 aliphatic carbocycles. The van der Waals surface area contributed by atoms with Crippen LogP contribution < -0.4 is 5.32 Å². The minimum Gasteiger partial charge on any atom is -0.320 e. The number of nitrogens with zero attached hydrogens (tertiary/aromatic N) is 1. The molecule has 1 heterocycles. The van der Waals surface area contributed by atoms with Crippen LogP contribution >= 0.6 is 11.6 Å². The monoisotopic (exact) mass is 260 g/mol. The van der Waals surface area contributed by atoms with Gasteiger partial charge < -0.3 is 5.32 Å². The molecule has 0 aliphatic heterocycles. The van der Waals surface area contributed by atoms with Gasteiger partial charge in [-0.15, -0.1) is 0 Å². The van der Waals surface area contributed by atoms with Gasteiger partial charge in [0.05, 0.1) is 0 Å². The number of anilines is 1. The Hall–Kier alpha value is -1.87. The third-order valence-electron chi connectivity index (χ3n) is 2.60. The van der Waals surface area contributed by atoms with Crippen molar-refractivity contribution < 1.29 is 4.79 Å². The lowest BCUT2D eigenvalue weighted by Crippen LogP contribution is -2.14. The molecular weight excluding hydrogens is 248 g/mol. The lowest BCUT2D eigenvalue weighted by atomic mass is 10.1. The molecule has 2 aromatic rings. The number of halogens is 1. The first kappa shape index (κ1) is 12.6. The second-order valence-corrected chi connectivity index (χ2v) is 4.57. The molecule has 4 heteroatoms. The number of carbonyl (C=O) groups is 1. The zero-order chi connectivity index (χ0) is 13.1. The van der Waals surface area contributed by atoms with Crippen molar-refractivity contribution in [1.82, 2.24) is 4.98 Å². The molecular formula is C14H13ClN2O. The molecule has 0 unspecified atom stereocenters. The van der Waals surface area contributed by atoms with Gasteiger partial charge in [-0.05, 0) is 43.2 Å². The second-order valence-electron chi connectivity index (χ2n) is 4.13. The third-order valence-corrected chi connectivity index (χ3v) is 2.83. The molecule has 1 aromatic carbocycles. The molecule has 0 spiro atoms. The molecule has 0 radical (unpaired) electrons. The lowest BCUT2D eigenvalue weighted by molar-refractivity contribution is 0.102. The number of rotatable bonds is 2. The summed E-state index contributed by atoms with van der Waals surface area (Å²) in [5.74, 6) is -0.258. The predicted molar refractivity (Wildman–Crippen MR) is 73.1 cm³/mol. The number of pyridine rings is 1. The van der Waals surface area contributed by atoms with Gasteiger partial charge in [-0.1, -0.05) is 23.7 Å². The summed E-state index contributed by atoms with van der Waals surface area (Å²) in [6.07, 6.45) is 1.51. The van der Waals surface area contributed by atoms with Crippen molar-refractivity contribution in [1.29, 1.82) is 0 Å². The maximum Gasteiger partial charge on any atom is 0.274 e. The van der Waals surface area contributed by atoms with Gasteiger partial charge in [-0.3, -0.25) is 9.78 Å². The average Bonchev–Trinajstić information content (AvgIpc) is 2.34. The number of amides is 1. The van der Waals surface area contributed by atoms with Crippen molar-refractivity contribution in [3.8, 4) is 0 Å². The van der Waals surface area contributed by atoms with Crippen LogP contribution in [-0.4, -0.2) is 10.9 Å². The number of benzene rings is 1. The number of nitrogens with one attached hydrogen (secondary N) is 1. The number of carbonyl (C=O) groups excluding carboxylic acids is 1. The second kappa shape index (κ2) is 5.19. The van der Waals surface area contributed by atoms with Crippen LogP contribution in [0, 0.1) is 13.8 Å². The van der Waals surface area contributed by atoms with E-state index in [0.29, 0.717) is 10.7 Å². The molecule has 18 heavy (non-hydrogen) atoms. The van der Waals surface area contributed by atoms with Crippen LogP contribution in [0.25, 0.3) is 0 Å². The summed E-state index contributed by atoms with van der Waals surface area (Å²) < 4.78 is 0.